The molecule has 0 aliphatic rings. The number of nitrogens with one attached hydrogen (secondary N) is 1. The van der Waals surface area contributed by atoms with E-state index in [4.69, 9.17) is 0 Å². The molecular weight excluding hydrogens is 278 g/mol. The van der Waals surface area contributed by atoms with E-state index in [1.165, 1.54) is 0 Å². The highest BCUT2D eigenvalue weighted by molar-refractivity contribution is 5.97. The Balaban J connectivity index is 2.77. The third-order valence-corrected chi connectivity index (χ3v) is 3.59. The molecule has 0 fully saturated rings. The second-order valence-corrected chi connectivity index (χ2v) is 5.29. The first-order valence-corrected chi connectivity index (χ1v) is 7.84. The highest BCUT2D eigenvalue weighted by atomic mass is 16.2. The van der Waals surface area contributed by atoms with Gasteiger partial charge < -0.3 is 15.1 Å². The lowest BCUT2D eigenvalue weighted by molar-refractivity contribution is 0.0760. The Morgan fingerprint density at radius 3 is 2.00 bits per heavy atom. The van der Waals surface area contributed by atoms with Gasteiger partial charge in [-0.25, -0.2) is 0 Å². The molecule has 0 unspecified atom stereocenters. The molecule has 1 rings (SSSR count). The summed E-state index contributed by atoms with van der Waals surface area (Å²) in [6.45, 7) is 6.88. The van der Waals surface area contributed by atoms with Gasteiger partial charge in [0.05, 0.1) is 0 Å². The molecule has 0 aliphatic heterocycles. The molecule has 0 radical (unpaired) electrons. The van der Waals surface area contributed by atoms with Crippen LogP contribution in [0.15, 0.2) is 24.3 Å². The fourth-order valence-electron chi connectivity index (χ4n) is 2.21. The third-order valence-electron chi connectivity index (χ3n) is 3.59. The minimum absolute atomic E-state index is 0.0203. The normalized spacial score (nSPS) is 10.4. The van der Waals surface area contributed by atoms with Gasteiger partial charge in [0.1, 0.15) is 0 Å². The smallest absolute Gasteiger partial charge is 0.253 e. The van der Waals surface area contributed by atoms with Crippen molar-refractivity contribution in [1.29, 1.82) is 0 Å². The van der Waals surface area contributed by atoms with Gasteiger partial charge in [0, 0.05) is 44.4 Å². The highest BCUT2D eigenvalue weighted by Crippen LogP contribution is 2.10. The van der Waals surface area contributed by atoms with Crippen LogP contribution in [0.4, 0.5) is 0 Å². The van der Waals surface area contributed by atoms with Crippen molar-refractivity contribution < 1.29 is 9.59 Å². The lowest BCUT2D eigenvalue weighted by Crippen LogP contribution is -2.33. The number of rotatable bonds is 8. The highest BCUT2D eigenvalue weighted by Gasteiger charge is 2.15. The van der Waals surface area contributed by atoms with Gasteiger partial charge in [-0.05, 0) is 44.7 Å². The van der Waals surface area contributed by atoms with E-state index in [0.717, 1.165) is 19.5 Å². The van der Waals surface area contributed by atoms with Crippen molar-refractivity contribution in [1.82, 2.24) is 15.1 Å². The predicted octanol–water partition coefficient (Wildman–Crippen LogP) is 1.85. The molecule has 0 aromatic heterocycles. The fraction of sp³-hybridized carbons (Fsp3) is 0.529. The van der Waals surface area contributed by atoms with Crippen LogP contribution < -0.4 is 5.32 Å². The average Bonchev–Trinajstić information content (AvgIpc) is 2.56. The maximum Gasteiger partial charge on any atom is 0.253 e. The maximum absolute atomic E-state index is 12.3. The first-order valence-electron chi connectivity index (χ1n) is 7.84. The van der Waals surface area contributed by atoms with Gasteiger partial charge in [-0.3, -0.25) is 9.59 Å². The number of hydrogen-bond acceptors (Lipinski definition) is 3. The van der Waals surface area contributed by atoms with Crippen molar-refractivity contribution in [3.8, 4) is 0 Å². The first kappa shape index (κ1) is 18.2. The summed E-state index contributed by atoms with van der Waals surface area (Å²) < 4.78 is 0. The van der Waals surface area contributed by atoms with Crippen LogP contribution in [0, 0.1) is 0 Å². The Morgan fingerprint density at radius 1 is 1.00 bits per heavy atom. The Kier molecular flexibility index (Phi) is 7.60. The minimum Gasteiger partial charge on any atom is -0.340 e. The van der Waals surface area contributed by atoms with E-state index in [9.17, 15) is 9.59 Å². The molecule has 1 N–H and O–H groups in total. The molecule has 122 valence electrons. The number of carbonyl (C=O) groups is 2. The van der Waals surface area contributed by atoms with E-state index in [0.29, 0.717) is 24.2 Å². The standard InChI is InChI=1S/C17H27N3O2/c1-5-12-20(6-2)17(22)15-9-7-14(8-10-15)16(21)19(4)13-11-18-3/h7-10,18H,5-6,11-13H2,1-4H3. The van der Waals surface area contributed by atoms with E-state index in [-0.39, 0.29) is 11.8 Å². The number of nitrogens with zero attached hydrogens (tertiary/aromatic N) is 2. The van der Waals surface area contributed by atoms with E-state index in [1.54, 1.807) is 36.2 Å². The summed E-state index contributed by atoms with van der Waals surface area (Å²) in [5.74, 6) is -0.0120. The Morgan fingerprint density at radius 2 is 1.55 bits per heavy atom. The first-order chi connectivity index (χ1) is 10.5. The predicted molar refractivity (Wildman–Crippen MR) is 89.2 cm³/mol. The molecule has 0 saturated heterocycles. The minimum atomic E-state index is -0.0323. The number of carbonyl (C=O) groups excluding carboxylic acids is 2. The van der Waals surface area contributed by atoms with E-state index < -0.39 is 0 Å². The van der Waals surface area contributed by atoms with Gasteiger partial charge in [0.25, 0.3) is 11.8 Å². The molecule has 5 heteroatoms. The average molecular weight is 305 g/mol. The molecule has 0 saturated carbocycles. The van der Waals surface area contributed by atoms with Crippen LogP contribution in [0.5, 0.6) is 0 Å². The van der Waals surface area contributed by atoms with Crippen LogP contribution in [-0.4, -0.2) is 61.9 Å². The van der Waals surface area contributed by atoms with E-state index in [1.807, 2.05) is 18.9 Å². The number of likely N-dealkylation sites (N-methyl/N-ethyl adjacent to an activating group) is 2. The second-order valence-electron chi connectivity index (χ2n) is 5.29. The number of amides is 2. The summed E-state index contributed by atoms with van der Waals surface area (Å²) in [6, 6.07) is 6.93. The molecule has 0 atom stereocenters. The van der Waals surface area contributed by atoms with Crippen LogP contribution in [-0.2, 0) is 0 Å². The molecular formula is C17H27N3O2. The Bertz CT molecular complexity index is 485. The van der Waals surface area contributed by atoms with Crippen LogP contribution in [0.2, 0.25) is 0 Å². The fourth-order valence-corrected chi connectivity index (χ4v) is 2.21. The van der Waals surface area contributed by atoms with Gasteiger partial charge in [-0.15, -0.1) is 0 Å². The summed E-state index contributed by atoms with van der Waals surface area (Å²) in [7, 11) is 3.63. The summed E-state index contributed by atoms with van der Waals surface area (Å²) in [6.07, 6.45) is 0.937. The maximum atomic E-state index is 12.3. The van der Waals surface area contributed by atoms with Crippen molar-refractivity contribution >= 4 is 11.8 Å². The SMILES string of the molecule is CCCN(CC)C(=O)c1ccc(C(=O)N(C)CCNC)cc1. The topological polar surface area (TPSA) is 52.7 Å². The van der Waals surface area contributed by atoms with Gasteiger partial charge in [-0.2, -0.15) is 0 Å². The third kappa shape index (κ3) is 4.84. The van der Waals surface area contributed by atoms with Gasteiger partial charge in [0.15, 0.2) is 0 Å². The molecule has 0 heterocycles. The van der Waals surface area contributed by atoms with Crippen molar-refractivity contribution in [2.75, 3.05) is 40.3 Å². The molecule has 0 bridgehead atoms. The lowest BCUT2D eigenvalue weighted by atomic mass is 10.1. The molecule has 22 heavy (non-hydrogen) atoms. The quantitative estimate of drug-likeness (QED) is 0.797. The lowest BCUT2D eigenvalue weighted by Gasteiger charge is -2.20. The summed E-state index contributed by atoms with van der Waals surface area (Å²) in [5, 5.41) is 3.02. The van der Waals surface area contributed by atoms with Crippen LogP contribution >= 0.6 is 0 Å². The number of hydrogen-bond donors (Lipinski definition) is 1. The molecule has 0 spiro atoms. The van der Waals surface area contributed by atoms with Gasteiger partial charge >= 0.3 is 0 Å². The van der Waals surface area contributed by atoms with Crippen molar-refractivity contribution in [2.45, 2.75) is 20.3 Å². The largest absolute Gasteiger partial charge is 0.340 e. The monoisotopic (exact) mass is 305 g/mol. The van der Waals surface area contributed by atoms with Crippen LogP contribution in [0.3, 0.4) is 0 Å². The van der Waals surface area contributed by atoms with Crippen LogP contribution in [0.1, 0.15) is 41.0 Å². The molecule has 0 aliphatic carbocycles. The zero-order valence-electron chi connectivity index (χ0n) is 14.1. The molecule has 5 nitrogen and oxygen atoms in total. The molecule has 2 amide bonds. The summed E-state index contributed by atoms with van der Waals surface area (Å²) in [4.78, 5) is 28.1. The Hall–Kier alpha value is -1.88. The second kappa shape index (κ2) is 9.20. The zero-order chi connectivity index (χ0) is 16.5. The molecule has 1 aromatic rings. The Labute approximate surface area is 133 Å². The van der Waals surface area contributed by atoms with E-state index in [2.05, 4.69) is 12.2 Å². The van der Waals surface area contributed by atoms with Crippen LogP contribution in [0.25, 0.3) is 0 Å². The van der Waals surface area contributed by atoms with Gasteiger partial charge in [-0.1, -0.05) is 6.92 Å². The van der Waals surface area contributed by atoms with Crippen molar-refractivity contribution in [3.05, 3.63) is 35.4 Å². The zero-order valence-corrected chi connectivity index (χ0v) is 14.1. The van der Waals surface area contributed by atoms with Crippen molar-refractivity contribution in [3.63, 3.8) is 0 Å². The summed E-state index contributed by atoms with van der Waals surface area (Å²) >= 11 is 0. The number of benzene rings is 1. The van der Waals surface area contributed by atoms with Crippen molar-refractivity contribution in [2.24, 2.45) is 0 Å². The van der Waals surface area contributed by atoms with E-state index >= 15 is 0 Å². The molecule has 1 aromatic carbocycles. The summed E-state index contributed by atoms with van der Waals surface area (Å²) in [5.41, 5.74) is 1.23. The van der Waals surface area contributed by atoms with Gasteiger partial charge in [0.2, 0.25) is 0 Å².